The zero-order valence-electron chi connectivity index (χ0n) is 17.4. The number of carbonyl (C=O) groups excluding carboxylic acids is 1. The third kappa shape index (κ3) is 3.99. The molecule has 2 aromatic carbocycles. The van der Waals surface area contributed by atoms with E-state index in [1.165, 1.54) is 12.5 Å². The minimum Gasteiger partial charge on any atom is -0.339 e. The SMILES string of the molecule is C[C@H](CC(=N)C1CCC1)N(C)C(=O)c1ccc(Cn2cnc3c(F)cccc32)cc1. The van der Waals surface area contributed by atoms with E-state index >= 15 is 0 Å². The Morgan fingerprint density at radius 1 is 1.27 bits per heavy atom. The van der Waals surface area contributed by atoms with Crippen LogP contribution in [0, 0.1) is 17.1 Å². The molecule has 1 atom stereocenters. The topological polar surface area (TPSA) is 62.0 Å². The summed E-state index contributed by atoms with van der Waals surface area (Å²) in [4.78, 5) is 18.7. The van der Waals surface area contributed by atoms with Crippen LogP contribution in [0.1, 0.15) is 48.5 Å². The molecule has 0 spiro atoms. The first-order valence-electron chi connectivity index (χ1n) is 10.5. The van der Waals surface area contributed by atoms with Crippen molar-refractivity contribution in [1.29, 1.82) is 5.41 Å². The summed E-state index contributed by atoms with van der Waals surface area (Å²) in [6.07, 6.45) is 5.72. The summed E-state index contributed by atoms with van der Waals surface area (Å²) in [6.45, 7) is 2.56. The summed E-state index contributed by atoms with van der Waals surface area (Å²) < 4.78 is 15.7. The lowest BCUT2D eigenvalue weighted by atomic mass is 9.80. The van der Waals surface area contributed by atoms with Crippen molar-refractivity contribution in [1.82, 2.24) is 14.5 Å². The molecule has 30 heavy (non-hydrogen) atoms. The maximum atomic E-state index is 13.8. The molecule has 1 amide bonds. The number of hydrogen-bond acceptors (Lipinski definition) is 3. The Labute approximate surface area is 176 Å². The van der Waals surface area contributed by atoms with Gasteiger partial charge in [0.15, 0.2) is 5.82 Å². The highest BCUT2D eigenvalue weighted by Gasteiger charge is 2.25. The molecule has 0 radical (unpaired) electrons. The molecule has 0 bridgehead atoms. The van der Waals surface area contributed by atoms with Crippen LogP contribution in [-0.2, 0) is 6.54 Å². The van der Waals surface area contributed by atoms with Gasteiger partial charge in [0.2, 0.25) is 0 Å². The second-order valence-electron chi connectivity index (χ2n) is 8.30. The van der Waals surface area contributed by atoms with Crippen molar-refractivity contribution < 1.29 is 9.18 Å². The Balaban J connectivity index is 1.41. The molecule has 6 heteroatoms. The molecular weight excluding hydrogens is 379 g/mol. The second-order valence-corrected chi connectivity index (χ2v) is 8.30. The Morgan fingerprint density at radius 2 is 2.00 bits per heavy atom. The van der Waals surface area contributed by atoms with Gasteiger partial charge in [-0.1, -0.05) is 24.6 Å². The van der Waals surface area contributed by atoms with Gasteiger partial charge in [0.1, 0.15) is 5.52 Å². The first kappa shape index (κ1) is 20.3. The molecule has 0 saturated heterocycles. The van der Waals surface area contributed by atoms with E-state index in [4.69, 9.17) is 5.41 Å². The average molecular weight is 407 g/mol. The summed E-state index contributed by atoms with van der Waals surface area (Å²) in [5.41, 5.74) is 3.53. The van der Waals surface area contributed by atoms with Crippen LogP contribution in [-0.4, -0.2) is 39.2 Å². The molecule has 3 aromatic rings. The maximum Gasteiger partial charge on any atom is 0.253 e. The number of amides is 1. The Bertz CT molecular complexity index is 1070. The Morgan fingerprint density at radius 3 is 2.67 bits per heavy atom. The standard InChI is InChI=1S/C24H27FN4O/c1-16(13-21(26)18-5-3-6-18)28(2)24(30)19-11-9-17(10-12-19)14-29-15-27-23-20(25)7-4-8-22(23)29/h4,7-12,15-16,18,26H,3,5-6,13-14H2,1-2H3/t16-/m1/s1. The van der Waals surface area contributed by atoms with Crippen LogP contribution in [0.25, 0.3) is 11.0 Å². The number of halogens is 1. The maximum absolute atomic E-state index is 13.8. The zero-order chi connectivity index (χ0) is 21.3. The number of fused-ring (bicyclic) bond motifs is 1. The molecule has 1 heterocycles. The van der Waals surface area contributed by atoms with Crippen molar-refractivity contribution in [2.45, 2.75) is 45.2 Å². The predicted octanol–water partition coefficient (Wildman–Crippen LogP) is 4.89. The molecule has 1 aliphatic carbocycles. The Hall–Kier alpha value is -3.02. The van der Waals surface area contributed by atoms with Gasteiger partial charge < -0.3 is 14.9 Å². The van der Waals surface area contributed by atoms with Gasteiger partial charge in [0.25, 0.3) is 5.91 Å². The van der Waals surface area contributed by atoms with Crippen molar-refractivity contribution in [2.75, 3.05) is 7.05 Å². The number of benzene rings is 2. The number of hydrogen-bond donors (Lipinski definition) is 1. The predicted molar refractivity (Wildman–Crippen MR) is 116 cm³/mol. The van der Waals surface area contributed by atoms with Crippen molar-refractivity contribution >= 4 is 22.7 Å². The van der Waals surface area contributed by atoms with Gasteiger partial charge in [0.05, 0.1) is 11.8 Å². The second kappa shape index (κ2) is 8.38. The van der Waals surface area contributed by atoms with E-state index in [0.29, 0.717) is 30.0 Å². The number of imidazole rings is 1. The third-order valence-electron chi connectivity index (χ3n) is 6.25. The van der Waals surface area contributed by atoms with Gasteiger partial charge >= 0.3 is 0 Å². The van der Waals surface area contributed by atoms with E-state index in [-0.39, 0.29) is 17.8 Å². The van der Waals surface area contributed by atoms with Gasteiger partial charge in [-0.05, 0) is 55.5 Å². The van der Waals surface area contributed by atoms with Gasteiger partial charge in [-0.3, -0.25) is 4.79 Å². The lowest BCUT2D eigenvalue weighted by molar-refractivity contribution is 0.0746. The van der Waals surface area contributed by atoms with E-state index in [9.17, 15) is 9.18 Å². The number of aromatic nitrogens is 2. The largest absolute Gasteiger partial charge is 0.339 e. The van der Waals surface area contributed by atoms with Crippen molar-refractivity contribution in [3.63, 3.8) is 0 Å². The summed E-state index contributed by atoms with van der Waals surface area (Å²) in [5.74, 6) is 0.0586. The van der Waals surface area contributed by atoms with Crippen molar-refractivity contribution in [2.24, 2.45) is 5.92 Å². The normalized spacial score (nSPS) is 15.0. The molecular formula is C24H27FN4O. The van der Waals surface area contributed by atoms with Crippen molar-refractivity contribution in [3.05, 3.63) is 65.7 Å². The molecule has 156 valence electrons. The van der Waals surface area contributed by atoms with E-state index in [1.807, 2.05) is 41.8 Å². The zero-order valence-corrected chi connectivity index (χ0v) is 17.4. The van der Waals surface area contributed by atoms with Crippen LogP contribution in [0.15, 0.2) is 48.8 Å². The number of nitrogens with one attached hydrogen (secondary N) is 1. The van der Waals surface area contributed by atoms with E-state index in [2.05, 4.69) is 4.98 Å². The molecule has 1 fully saturated rings. The minimum absolute atomic E-state index is 0.00233. The fourth-order valence-electron chi connectivity index (χ4n) is 3.91. The summed E-state index contributed by atoms with van der Waals surface area (Å²) in [5, 5.41) is 8.24. The molecule has 0 unspecified atom stereocenters. The van der Waals surface area contributed by atoms with Gasteiger partial charge in [0, 0.05) is 37.3 Å². The lowest BCUT2D eigenvalue weighted by Gasteiger charge is -2.31. The molecule has 1 saturated carbocycles. The fourth-order valence-corrected chi connectivity index (χ4v) is 3.91. The monoisotopic (exact) mass is 406 g/mol. The summed E-state index contributed by atoms with van der Waals surface area (Å²) in [6, 6.07) is 12.4. The van der Waals surface area contributed by atoms with Crippen LogP contribution in [0.4, 0.5) is 4.39 Å². The molecule has 1 aliphatic rings. The highest BCUT2D eigenvalue weighted by atomic mass is 19.1. The molecule has 4 rings (SSSR count). The fraction of sp³-hybridized carbons (Fsp3) is 0.375. The van der Waals surface area contributed by atoms with E-state index < -0.39 is 0 Å². The number of rotatable bonds is 7. The highest BCUT2D eigenvalue weighted by Crippen LogP contribution is 2.29. The number of para-hydroxylation sites is 1. The smallest absolute Gasteiger partial charge is 0.253 e. The minimum atomic E-state index is -0.324. The van der Waals surface area contributed by atoms with Crippen LogP contribution in [0.3, 0.4) is 0 Å². The third-order valence-corrected chi connectivity index (χ3v) is 6.25. The summed E-state index contributed by atoms with van der Waals surface area (Å²) >= 11 is 0. The molecule has 5 nitrogen and oxygen atoms in total. The lowest BCUT2D eigenvalue weighted by Crippen LogP contribution is -2.38. The average Bonchev–Trinajstić information content (AvgIpc) is 3.10. The number of carbonyl (C=O) groups is 1. The van der Waals surface area contributed by atoms with Gasteiger partial charge in [-0.2, -0.15) is 0 Å². The van der Waals surface area contributed by atoms with Crippen molar-refractivity contribution in [3.8, 4) is 0 Å². The van der Waals surface area contributed by atoms with Crippen LogP contribution < -0.4 is 0 Å². The highest BCUT2D eigenvalue weighted by molar-refractivity contribution is 5.95. The summed E-state index contributed by atoms with van der Waals surface area (Å²) in [7, 11) is 1.81. The first-order chi connectivity index (χ1) is 14.4. The quantitative estimate of drug-likeness (QED) is 0.568. The Kier molecular flexibility index (Phi) is 5.66. The molecule has 1 aromatic heterocycles. The van der Waals surface area contributed by atoms with E-state index in [0.717, 1.165) is 29.6 Å². The molecule has 0 aliphatic heterocycles. The van der Waals surface area contributed by atoms with Gasteiger partial charge in [-0.15, -0.1) is 0 Å². The van der Waals surface area contributed by atoms with Crippen LogP contribution in [0.5, 0.6) is 0 Å². The van der Waals surface area contributed by atoms with E-state index in [1.54, 1.807) is 24.3 Å². The number of nitrogens with zero attached hydrogens (tertiary/aromatic N) is 3. The van der Waals surface area contributed by atoms with Gasteiger partial charge in [-0.25, -0.2) is 9.37 Å². The molecule has 1 N–H and O–H groups in total. The van der Waals surface area contributed by atoms with Crippen LogP contribution >= 0.6 is 0 Å². The first-order valence-corrected chi connectivity index (χ1v) is 10.5. The van der Waals surface area contributed by atoms with Crippen LogP contribution in [0.2, 0.25) is 0 Å².